The molecule has 0 fully saturated rings. The van der Waals surface area contributed by atoms with Crippen molar-refractivity contribution in [2.75, 3.05) is 17.6 Å². The smallest absolute Gasteiger partial charge is 0.234 e. The molecule has 0 aliphatic rings. The zero-order chi connectivity index (χ0) is 14.1. The van der Waals surface area contributed by atoms with E-state index in [0.29, 0.717) is 17.5 Å². The second-order valence-electron chi connectivity index (χ2n) is 4.69. The van der Waals surface area contributed by atoms with E-state index >= 15 is 0 Å². The zero-order valence-electron chi connectivity index (χ0n) is 11.8. The number of anilines is 1. The summed E-state index contributed by atoms with van der Waals surface area (Å²) in [6.07, 6.45) is 3.17. The van der Waals surface area contributed by atoms with Crippen LogP contribution >= 0.6 is 11.8 Å². The Labute approximate surface area is 120 Å². The highest BCUT2D eigenvalue weighted by atomic mass is 32.2. The first-order valence-electron chi connectivity index (χ1n) is 6.86. The number of aryl methyl sites for hydroxylation is 1. The van der Waals surface area contributed by atoms with Crippen LogP contribution in [0, 0.1) is 0 Å². The van der Waals surface area contributed by atoms with Crippen LogP contribution in [0.15, 0.2) is 24.3 Å². The van der Waals surface area contributed by atoms with Gasteiger partial charge in [0.1, 0.15) is 0 Å². The molecule has 3 N–H and O–H groups in total. The van der Waals surface area contributed by atoms with E-state index in [1.165, 1.54) is 5.56 Å². The van der Waals surface area contributed by atoms with Crippen molar-refractivity contribution in [2.45, 2.75) is 38.4 Å². The van der Waals surface area contributed by atoms with Gasteiger partial charge in [-0.25, -0.2) is 0 Å². The van der Waals surface area contributed by atoms with E-state index in [1.807, 2.05) is 12.1 Å². The number of benzene rings is 1. The first-order valence-corrected chi connectivity index (χ1v) is 7.91. The van der Waals surface area contributed by atoms with Gasteiger partial charge in [-0.05, 0) is 37.1 Å². The maximum atomic E-state index is 11.8. The Bertz CT molecular complexity index is 378. The minimum Gasteiger partial charge on any atom is -0.330 e. The summed E-state index contributed by atoms with van der Waals surface area (Å²) in [5, 5.41) is 3.35. The number of rotatable bonds is 8. The summed E-state index contributed by atoms with van der Waals surface area (Å²) in [4.78, 5) is 11.8. The number of hydrogen-bond acceptors (Lipinski definition) is 3. The lowest BCUT2D eigenvalue weighted by atomic mass is 10.1. The quantitative estimate of drug-likeness (QED) is 0.769. The van der Waals surface area contributed by atoms with Crippen LogP contribution in [-0.2, 0) is 11.2 Å². The van der Waals surface area contributed by atoms with Crippen molar-refractivity contribution < 1.29 is 4.79 Å². The monoisotopic (exact) mass is 280 g/mol. The van der Waals surface area contributed by atoms with E-state index in [9.17, 15) is 4.79 Å². The summed E-state index contributed by atoms with van der Waals surface area (Å²) in [5.41, 5.74) is 7.67. The van der Waals surface area contributed by atoms with Crippen molar-refractivity contribution in [2.24, 2.45) is 5.73 Å². The van der Waals surface area contributed by atoms with Crippen molar-refractivity contribution >= 4 is 23.4 Å². The Hall–Kier alpha value is -1.00. The molecule has 1 aromatic rings. The van der Waals surface area contributed by atoms with Gasteiger partial charge in [0.25, 0.3) is 0 Å². The third-order valence-electron chi connectivity index (χ3n) is 2.85. The molecule has 0 saturated carbocycles. The number of amides is 1. The van der Waals surface area contributed by atoms with E-state index < -0.39 is 0 Å². The first kappa shape index (κ1) is 16.1. The second-order valence-corrected chi connectivity index (χ2v) is 6.12. The molecule has 1 aromatic carbocycles. The molecule has 4 heteroatoms. The fourth-order valence-electron chi connectivity index (χ4n) is 1.78. The molecule has 0 aromatic heterocycles. The van der Waals surface area contributed by atoms with Gasteiger partial charge in [-0.15, -0.1) is 11.8 Å². The Morgan fingerprint density at radius 2 is 2.05 bits per heavy atom. The topological polar surface area (TPSA) is 55.1 Å². The average Bonchev–Trinajstić information content (AvgIpc) is 2.39. The van der Waals surface area contributed by atoms with E-state index in [1.54, 1.807) is 11.8 Å². The summed E-state index contributed by atoms with van der Waals surface area (Å²) in [6, 6.07) is 8.08. The van der Waals surface area contributed by atoms with Crippen LogP contribution in [0.1, 0.15) is 32.3 Å². The highest BCUT2D eigenvalue weighted by Gasteiger charge is 2.06. The SMILES string of the molecule is CCCc1ccc(NC(=O)CSC(C)CCN)cc1. The van der Waals surface area contributed by atoms with Crippen LogP contribution in [0.3, 0.4) is 0 Å². The number of thioether (sulfide) groups is 1. The molecule has 0 aliphatic carbocycles. The molecular formula is C15H24N2OS. The van der Waals surface area contributed by atoms with Crippen LogP contribution < -0.4 is 11.1 Å². The van der Waals surface area contributed by atoms with E-state index in [4.69, 9.17) is 5.73 Å². The Balaban J connectivity index is 2.35. The van der Waals surface area contributed by atoms with Crippen molar-refractivity contribution in [1.29, 1.82) is 0 Å². The van der Waals surface area contributed by atoms with Crippen LogP contribution in [-0.4, -0.2) is 23.5 Å². The Kier molecular flexibility index (Phi) is 7.60. The maximum absolute atomic E-state index is 11.8. The van der Waals surface area contributed by atoms with Crippen LogP contribution in [0.5, 0.6) is 0 Å². The third kappa shape index (κ3) is 6.64. The average molecular weight is 280 g/mol. The fourth-order valence-corrected chi connectivity index (χ4v) is 2.59. The van der Waals surface area contributed by atoms with E-state index in [2.05, 4.69) is 31.3 Å². The van der Waals surface area contributed by atoms with Gasteiger partial charge in [-0.2, -0.15) is 0 Å². The lowest BCUT2D eigenvalue weighted by Gasteiger charge is -2.10. The summed E-state index contributed by atoms with van der Waals surface area (Å²) < 4.78 is 0. The standard InChI is InChI=1S/C15H24N2OS/c1-3-4-13-5-7-14(8-6-13)17-15(18)11-19-12(2)9-10-16/h5-8,12H,3-4,9-11,16H2,1-2H3,(H,17,18). The summed E-state index contributed by atoms with van der Waals surface area (Å²) >= 11 is 1.65. The molecule has 0 heterocycles. The van der Waals surface area contributed by atoms with Gasteiger partial charge in [-0.1, -0.05) is 32.4 Å². The molecule has 1 rings (SSSR count). The Morgan fingerprint density at radius 1 is 1.37 bits per heavy atom. The first-order chi connectivity index (χ1) is 9.15. The van der Waals surface area contributed by atoms with Crippen molar-refractivity contribution in [3.05, 3.63) is 29.8 Å². The zero-order valence-corrected chi connectivity index (χ0v) is 12.6. The van der Waals surface area contributed by atoms with Crippen molar-refractivity contribution in [3.8, 4) is 0 Å². The predicted molar refractivity (Wildman–Crippen MR) is 84.7 cm³/mol. The van der Waals surface area contributed by atoms with Crippen LogP contribution in [0.2, 0.25) is 0 Å². The van der Waals surface area contributed by atoms with Gasteiger partial charge in [0.05, 0.1) is 5.75 Å². The largest absolute Gasteiger partial charge is 0.330 e. The van der Waals surface area contributed by atoms with Crippen LogP contribution in [0.25, 0.3) is 0 Å². The normalized spacial score (nSPS) is 12.2. The van der Waals surface area contributed by atoms with E-state index in [-0.39, 0.29) is 5.91 Å². The molecule has 0 saturated heterocycles. The van der Waals surface area contributed by atoms with Gasteiger partial charge < -0.3 is 11.1 Å². The fraction of sp³-hybridized carbons (Fsp3) is 0.533. The second kappa shape index (κ2) is 8.99. The van der Waals surface area contributed by atoms with Gasteiger partial charge in [-0.3, -0.25) is 4.79 Å². The minimum absolute atomic E-state index is 0.0529. The summed E-state index contributed by atoms with van der Waals surface area (Å²) in [7, 11) is 0. The van der Waals surface area contributed by atoms with Crippen molar-refractivity contribution in [3.63, 3.8) is 0 Å². The van der Waals surface area contributed by atoms with Gasteiger partial charge in [0, 0.05) is 10.9 Å². The third-order valence-corrected chi connectivity index (χ3v) is 4.08. The lowest BCUT2D eigenvalue weighted by Crippen LogP contribution is -2.16. The van der Waals surface area contributed by atoms with Crippen molar-refractivity contribution in [1.82, 2.24) is 0 Å². The molecule has 0 aliphatic heterocycles. The number of carbonyl (C=O) groups is 1. The number of hydrogen-bond donors (Lipinski definition) is 2. The highest BCUT2D eigenvalue weighted by Crippen LogP contribution is 2.15. The molecule has 1 unspecified atom stereocenters. The van der Waals surface area contributed by atoms with Gasteiger partial charge >= 0.3 is 0 Å². The van der Waals surface area contributed by atoms with Gasteiger partial charge in [0.15, 0.2) is 0 Å². The highest BCUT2D eigenvalue weighted by molar-refractivity contribution is 8.00. The molecule has 0 spiro atoms. The molecule has 1 amide bonds. The molecular weight excluding hydrogens is 256 g/mol. The predicted octanol–water partition coefficient (Wildman–Crippen LogP) is 3.05. The number of carbonyl (C=O) groups excluding carboxylic acids is 1. The lowest BCUT2D eigenvalue weighted by molar-refractivity contribution is -0.113. The minimum atomic E-state index is 0.0529. The number of nitrogens with two attached hydrogens (primary N) is 1. The summed E-state index contributed by atoms with van der Waals surface area (Å²) in [5.74, 6) is 0.537. The van der Waals surface area contributed by atoms with Crippen LogP contribution in [0.4, 0.5) is 5.69 Å². The maximum Gasteiger partial charge on any atom is 0.234 e. The molecule has 0 radical (unpaired) electrons. The molecule has 106 valence electrons. The summed E-state index contributed by atoms with van der Waals surface area (Å²) in [6.45, 7) is 4.94. The number of nitrogens with one attached hydrogen (secondary N) is 1. The Morgan fingerprint density at radius 3 is 2.63 bits per heavy atom. The molecule has 1 atom stereocenters. The molecule has 0 bridgehead atoms. The molecule has 3 nitrogen and oxygen atoms in total. The molecule has 19 heavy (non-hydrogen) atoms. The van der Waals surface area contributed by atoms with E-state index in [0.717, 1.165) is 24.9 Å². The van der Waals surface area contributed by atoms with Gasteiger partial charge in [0.2, 0.25) is 5.91 Å².